The predicted octanol–water partition coefficient (Wildman–Crippen LogP) is 5.79. The molecule has 5 nitrogen and oxygen atoms in total. The molecule has 0 unspecified atom stereocenters. The summed E-state index contributed by atoms with van der Waals surface area (Å²) in [6, 6.07) is 12.4. The number of nitrogens with zero attached hydrogens (tertiary/aromatic N) is 4. The molecule has 2 aromatic heterocycles. The summed E-state index contributed by atoms with van der Waals surface area (Å²) in [5.74, 6) is 1.11. The molecule has 0 saturated carbocycles. The minimum atomic E-state index is 0.505. The Hall–Kier alpha value is -2.47. The predicted molar refractivity (Wildman–Crippen MR) is 105 cm³/mol. The molecule has 0 aliphatic heterocycles. The van der Waals surface area contributed by atoms with E-state index in [9.17, 15) is 0 Å². The van der Waals surface area contributed by atoms with E-state index in [1.807, 2.05) is 6.07 Å². The van der Waals surface area contributed by atoms with Gasteiger partial charge in [-0.05, 0) is 42.5 Å². The Bertz CT molecular complexity index is 1080. The van der Waals surface area contributed by atoms with Crippen molar-refractivity contribution in [2.75, 3.05) is 5.32 Å². The first kappa shape index (κ1) is 17.0. The van der Waals surface area contributed by atoms with Crippen molar-refractivity contribution < 1.29 is 0 Å². The SMILES string of the molecule is Clc1cc(Cl)cc(Nc2nc(-c3ccnnc3)nc3cc(Cl)ccc23)c1. The standard InChI is InChI=1S/C18H10Cl3N5/c19-11-1-2-15-16(8-11)25-17(10-3-4-22-23-9-10)26-18(15)24-14-6-12(20)5-13(21)7-14/h1-9H,(H,24,25,26). The Morgan fingerprint density at radius 3 is 2.31 bits per heavy atom. The first-order chi connectivity index (χ1) is 12.6. The minimum absolute atomic E-state index is 0.505. The lowest BCUT2D eigenvalue weighted by molar-refractivity contribution is 1.03. The van der Waals surface area contributed by atoms with E-state index in [1.54, 1.807) is 48.8 Å². The second-order valence-electron chi connectivity index (χ2n) is 5.47. The van der Waals surface area contributed by atoms with E-state index in [1.165, 1.54) is 0 Å². The molecule has 0 amide bonds. The van der Waals surface area contributed by atoms with Crippen LogP contribution in [0, 0.1) is 0 Å². The number of fused-ring (bicyclic) bond motifs is 1. The van der Waals surface area contributed by atoms with Gasteiger partial charge in [0.25, 0.3) is 0 Å². The highest BCUT2D eigenvalue weighted by Crippen LogP contribution is 2.30. The summed E-state index contributed by atoms with van der Waals surface area (Å²) >= 11 is 18.3. The van der Waals surface area contributed by atoms with Crippen LogP contribution >= 0.6 is 34.8 Å². The zero-order chi connectivity index (χ0) is 18.1. The Morgan fingerprint density at radius 2 is 1.58 bits per heavy atom. The zero-order valence-electron chi connectivity index (χ0n) is 13.1. The van der Waals surface area contributed by atoms with Crippen molar-refractivity contribution in [3.8, 4) is 11.4 Å². The first-order valence-electron chi connectivity index (χ1n) is 7.56. The van der Waals surface area contributed by atoms with Gasteiger partial charge in [0, 0.05) is 31.7 Å². The Morgan fingerprint density at radius 1 is 0.769 bits per heavy atom. The molecule has 0 fully saturated rings. The number of aromatic nitrogens is 4. The molecule has 0 radical (unpaired) electrons. The van der Waals surface area contributed by atoms with Crippen molar-refractivity contribution in [3.63, 3.8) is 0 Å². The van der Waals surface area contributed by atoms with Crippen molar-refractivity contribution in [2.24, 2.45) is 0 Å². The molecule has 128 valence electrons. The highest BCUT2D eigenvalue weighted by molar-refractivity contribution is 6.35. The van der Waals surface area contributed by atoms with E-state index in [2.05, 4.69) is 25.5 Å². The maximum absolute atomic E-state index is 6.13. The van der Waals surface area contributed by atoms with E-state index < -0.39 is 0 Å². The van der Waals surface area contributed by atoms with E-state index in [0.717, 1.165) is 16.6 Å². The van der Waals surface area contributed by atoms with Crippen molar-refractivity contribution in [2.45, 2.75) is 0 Å². The summed E-state index contributed by atoms with van der Waals surface area (Å²) in [5, 5.41) is 13.4. The fourth-order valence-electron chi connectivity index (χ4n) is 2.51. The van der Waals surface area contributed by atoms with Gasteiger partial charge in [0.2, 0.25) is 0 Å². The van der Waals surface area contributed by atoms with E-state index >= 15 is 0 Å². The first-order valence-corrected chi connectivity index (χ1v) is 8.69. The molecule has 0 saturated heterocycles. The van der Waals surface area contributed by atoms with Gasteiger partial charge in [-0.2, -0.15) is 10.2 Å². The summed E-state index contributed by atoms with van der Waals surface area (Å²) in [4.78, 5) is 9.22. The van der Waals surface area contributed by atoms with Gasteiger partial charge >= 0.3 is 0 Å². The number of anilines is 2. The van der Waals surface area contributed by atoms with Crippen molar-refractivity contribution in [1.82, 2.24) is 20.2 Å². The number of nitrogens with one attached hydrogen (secondary N) is 1. The molecule has 0 aliphatic carbocycles. The fourth-order valence-corrected chi connectivity index (χ4v) is 3.21. The van der Waals surface area contributed by atoms with E-state index in [-0.39, 0.29) is 0 Å². The summed E-state index contributed by atoms with van der Waals surface area (Å²) < 4.78 is 0. The molecular formula is C18H10Cl3N5. The molecule has 8 heteroatoms. The second-order valence-corrected chi connectivity index (χ2v) is 6.78. The van der Waals surface area contributed by atoms with Crippen LogP contribution in [-0.4, -0.2) is 20.2 Å². The number of rotatable bonds is 3. The van der Waals surface area contributed by atoms with Gasteiger partial charge in [-0.25, -0.2) is 9.97 Å². The normalized spacial score (nSPS) is 10.9. The van der Waals surface area contributed by atoms with Crippen LogP contribution in [0.3, 0.4) is 0 Å². The molecule has 0 aliphatic rings. The Kier molecular flexibility index (Phi) is 4.59. The Balaban J connectivity index is 1.89. The lowest BCUT2D eigenvalue weighted by Gasteiger charge is -2.12. The number of hydrogen-bond acceptors (Lipinski definition) is 5. The average Bonchev–Trinajstić information content (AvgIpc) is 2.61. The maximum atomic E-state index is 6.13. The number of halogens is 3. The molecule has 2 heterocycles. The van der Waals surface area contributed by atoms with Crippen molar-refractivity contribution in [3.05, 3.63) is 69.9 Å². The van der Waals surface area contributed by atoms with E-state index in [4.69, 9.17) is 34.8 Å². The lowest BCUT2D eigenvalue weighted by Crippen LogP contribution is -2.00. The smallest absolute Gasteiger partial charge is 0.163 e. The fraction of sp³-hybridized carbons (Fsp3) is 0. The van der Waals surface area contributed by atoms with Crippen molar-refractivity contribution in [1.29, 1.82) is 0 Å². The molecule has 4 rings (SSSR count). The zero-order valence-corrected chi connectivity index (χ0v) is 15.4. The van der Waals surface area contributed by atoms with Gasteiger partial charge in [0.05, 0.1) is 17.9 Å². The van der Waals surface area contributed by atoms with Gasteiger partial charge in [-0.3, -0.25) is 0 Å². The summed E-state index contributed by atoms with van der Waals surface area (Å²) in [5.41, 5.74) is 2.17. The van der Waals surface area contributed by atoms with Gasteiger partial charge in [-0.1, -0.05) is 34.8 Å². The van der Waals surface area contributed by atoms with Gasteiger partial charge in [0.15, 0.2) is 5.82 Å². The highest BCUT2D eigenvalue weighted by Gasteiger charge is 2.11. The minimum Gasteiger partial charge on any atom is -0.340 e. The molecular weight excluding hydrogens is 393 g/mol. The van der Waals surface area contributed by atoms with Crippen LogP contribution in [0.25, 0.3) is 22.3 Å². The van der Waals surface area contributed by atoms with Crippen LogP contribution in [0.4, 0.5) is 11.5 Å². The second kappa shape index (κ2) is 7.03. The van der Waals surface area contributed by atoms with E-state index in [0.29, 0.717) is 32.2 Å². The van der Waals surface area contributed by atoms with Crippen LogP contribution in [-0.2, 0) is 0 Å². The topological polar surface area (TPSA) is 63.6 Å². The van der Waals surface area contributed by atoms with Gasteiger partial charge in [0.1, 0.15) is 5.82 Å². The monoisotopic (exact) mass is 401 g/mol. The third kappa shape index (κ3) is 3.55. The number of hydrogen-bond donors (Lipinski definition) is 1. The van der Waals surface area contributed by atoms with Gasteiger partial charge < -0.3 is 5.32 Å². The highest BCUT2D eigenvalue weighted by atomic mass is 35.5. The molecule has 4 aromatic rings. The third-order valence-electron chi connectivity index (χ3n) is 3.63. The summed E-state index contributed by atoms with van der Waals surface area (Å²) in [6.45, 7) is 0. The lowest BCUT2D eigenvalue weighted by atomic mass is 10.2. The summed E-state index contributed by atoms with van der Waals surface area (Å²) in [6.07, 6.45) is 3.19. The van der Waals surface area contributed by atoms with Crippen LogP contribution < -0.4 is 5.32 Å². The van der Waals surface area contributed by atoms with Crippen LogP contribution in [0.5, 0.6) is 0 Å². The van der Waals surface area contributed by atoms with Gasteiger partial charge in [-0.15, -0.1) is 0 Å². The average molecular weight is 403 g/mol. The summed E-state index contributed by atoms with van der Waals surface area (Å²) in [7, 11) is 0. The molecule has 26 heavy (non-hydrogen) atoms. The molecule has 0 atom stereocenters. The number of benzene rings is 2. The molecule has 2 aromatic carbocycles. The van der Waals surface area contributed by atoms with Crippen LogP contribution in [0.2, 0.25) is 15.1 Å². The van der Waals surface area contributed by atoms with Crippen LogP contribution in [0.1, 0.15) is 0 Å². The molecule has 1 N–H and O–H groups in total. The maximum Gasteiger partial charge on any atom is 0.163 e. The van der Waals surface area contributed by atoms with Crippen molar-refractivity contribution >= 4 is 57.2 Å². The largest absolute Gasteiger partial charge is 0.340 e. The Labute approximate surface area is 164 Å². The third-order valence-corrected chi connectivity index (χ3v) is 4.30. The molecule has 0 spiro atoms. The van der Waals surface area contributed by atoms with Crippen LogP contribution in [0.15, 0.2) is 54.9 Å². The molecule has 0 bridgehead atoms. The quantitative estimate of drug-likeness (QED) is 0.470.